The number of benzene rings is 2. The molecule has 0 aromatic heterocycles. The number of amides is 2. The molecular formula is C20H22Cl2N2O4. The molecular weight excluding hydrogens is 403 g/mol. The van der Waals surface area contributed by atoms with Crippen molar-refractivity contribution in [1.82, 2.24) is 0 Å². The highest BCUT2D eigenvalue weighted by Crippen LogP contribution is 2.38. The van der Waals surface area contributed by atoms with Gasteiger partial charge in [0.1, 0.15) is 0 Å². The average molecular weight is 425 g/mol. The summed E-state index contributed by atoms with van der Waals surface area (Å²) in [5.74, 6) is 0. The lowest BCUT2D eigenvalue weighted by atomic mass is 10.0. The summed E-state index contributed by atoms with van der Waals surface area (Å²) in [7, 11) is 0. The van der Waals surface area contributed by atoms with Gasteiger partial charge in [0, 0.05) is 34.6 Å². The predicted octanol–water partition coefficient (Wildman–Crippen LogP) is 6.45. The van der Waals surface area contributed by atoms with Crippen LogP contribution >= 0.6 is 23.2 Å². The summed E-state index contributed by atoms with van der Waals surface area (Å²) < 4.78 is 0. The molecule has 0 saturated carbocycles. The van der Waals surface area contributed by atoms with Gasteiger partial charge in [0.05, 0.1) is 10.0 Å². The average Bonchev–Trinajstić information content (AvgIpc) is 2.54. The summed E-state index contributed by atoms with van der Waals surface area (Å²) in [6.45, 7) is 7.09. The van der Waals surface area contributed by atoms with Gasteiger partial charge in [0.15, 0.2) is 0 Å². The van der Waals surface area contributed by atoms with Gasteiger partial charge in [-0.25, -0.2) is 9.59 Å². The predicted molar refractivity (Wildman–Crippen MR) is 113 cm³/mol. The van der Waals surface area contributed by atoms with E-state index in [0.717, 1.165) is 0 Å². The third kappa shape index (κ3) is 4.51. The van der Waals surface area contributed by atoms with Crippen LogP contribution in [0.1, 0.15) is 27.7 Å². The molecule has 2 aromatic rings. The van der Waals surface area contributed by atoms with Gasteiger partial charge in [0.25, 0.3) is 0 Å². The Labute approximate surface area is 173 Å². The zero-order chi connectivity index (χ0) is 21.2. The molecule has 0 atom stereocenters. The minimum atomic E-state index is -1.07. The van der Waals surface area contributed by atoms with Crippen LogP contribution in [0.3, 0.4) is 0 Å². The minimum absolute atomic E-state index is 0.250. The SMILES string of the molecule is CC(C)N(C(=O)O)c1ccc(-c2ccc(N(C(=O)O)C(C)C)cc2Cl)c(Cl)c1. The van der Waals surface area contributed by atoms with E-state index in [1.165, 1.54) is 9.80 Å². The fraction of sp³-hybridized carbons (Fsp3) is 0.300. The number of hydrogen-bond donors (Lipinski definition) is 2. The van der Waals surface area contributed by atoms with E-state index in [1.54, 1.807) is 64.1 Å². The Morgan fingerprint density at radius 1 is 0.750 bits per heavy atom. The van der Waals surface area contributed by atoms with Crippen molar-refractivity contribution in [2.45, 2.75) is 39.8 Å². The summed E-state index contributed by atoms with van der Waals surface area (Å²) in [5, 5.41) is 19.5. The second-order valence-electron chi connectivity index (χ2n) is 6.82. The lowest BCUT2D eigenvalue weighted by Crippen LogP contribution is -2.35. The van der Waals surface area contributed by atoms with Gasteiger partial charge < -0.3 is 10.2 Å². The van der Waals surface area contributed by atoms with Crippen LogP contribution in [0.5, 0.6) is 0 Å². The van der Waals surface area contributed by atoms with Crippen LogP contribution in [0.25, 0.3) is 11.1 Å². The maximum absolute atomic E-state index is 11.5. The number of nitrogens with zero attached hydrogens (tertiary/aromatic N) is 2. The third-order valence-corrected chi connectivity index (χ3v) is 4.82. The number of halogens is 2. The van der Waals surface area contributed by atoms with E-state index in [1.807, 2.05) is 0 Å². The lowest BCUT2D eigenvalue weighted by Gasteiger charge is -2.25. The molecule has 0 aliphatic carbocycles. The van der Waals surface area contributed by atoms with E-state index in [4.69, 9.17) is 23.2 Å². The van der Waals surface area contributed by atoms with Gasteiger partial charge in [-0.05, 0) is 52.0 Å². The molecule has 2 rings (SSSR count). The van der Waals surface area contributed by atoms with Crippen molar-refractivity contribution < 1.29 is 19.8 Å². The van der Waals surface area contributed by atoms with Crippen molar-refractivity contribution in [3.05, 3.63) is 46.4 Å². The Morgan fingerprint density at radius 2 is 1.07 bits per heavy atom. The fourth-order valence-corrected chi connectivity index (χ4v) is 3.56. The first-order valence-corrected chi connectivity index (χ1v) is 9.44. The third-order valence-electron chi connectivity index (χ3n) is 4.20. The fourth-order valence-electron chi connectivity index (χ4n) is 3.00. The van der Waals surface area contributed by atoms with E-state index in [9.17, 15) is 19.8 Å². The van der Waals surface area contributed by atoms with Crippen LogP contribution in [0.15, 0.2) is 36.4 Å². The summed E-state index contributed by atoms with van der Waals surface area (Å²) in [6.07, 6.45) is -2.13. The van der Waals surface area contributed by atoms with E-state index < -0.39 is 12.2 Å². The summed E-state index contributed by atoms with van der Waals surface area (Å²) in [5.41, 5.74) is 2.17. The van der Waals surface area contributed by atoms with Crippen molar-refractivity contribution >= 4 is 46.8 Å². The van der Waals surface area contributed by atoms with Crippen LogP contribution in [0.2, 0.25) is 10.0 Å². The maximum atomic E-state index is 11.5. The highest BCUT2D eigenvalue weighted by Gasteiger charge is 2.21. The van der Waals surface area contributed by atoms with E-state index in [-0.39, 0.29) is 12.1 Å². The van der Waals surface area contributed by atoms with Crippen molar-refractivity contribution in [1.29, 1.82) is 0 Å². The smallest absolute Gasteiger partial charge is 0.412 e. The molecule has 150 valence electrons. The second kappa shape index (κ2) is 8.71. The maximum Gasteiger partial charge on any atom is 0.412 e. The summed E-state index contributed by atoms with van der Waals surface area (Å²) in [4.78, 5) is 25.4. The van der Waals surface area contributed by atoms with Crippen molar-refractivity contribution in [2.75, 3.05) is 9.80 Å². The molecule has 2 N–H and O–H groups in total. The number of rotatable bonds is 5. The topological polar surface area (TPSA) is 81.1 Å². The monoisotopic (exact) mass is 424 g/mol. The molecule has 28 heavy (non-hydrogen) atoms. The number of anilines is 2. The highest BCUT2D eigenvalue weighted by atomic mass is 35.5. The van der Waals surface area contributed by atoms with E-state index in [2.05, 4.69) is 0 Å². The summed E-state index contributed by atoms with van der Waals surface area (Å²) >= 11 is 12.8. The van der Waals surface area contributed by atoms with E-state index >= 15 is 0 Å². The zero-order valence-corrected chi connectivity index (χ0v) is 17.5. The molecule has 8 heteroatoms. The van der Waals surface area contributed by atoms with E-state index in [0.29, 0.717) is 32.5 Å². The first kappa shape index (κ1) is 21.9. The van der Waals surface area contributed by atoms with Gasteiger partial charge in [-0.2, -0.15) is 0 Å². The molecule has 0 heterocycles. The molecule has 0 radical (unpaired) electrons. The van der Waals surface area contributed by atoms with Crippen molar-refractivity contribution in [3.8, 4) is 11.1 Å². The Hall–Kier alpha value is -2.44. The largest absolute Gasteiger partial charge is 0.465 e. The Kier molecular flexibility index (Phi) is 6.80. The van der Waals surface area contributed by atoms with Crippen molar-refractivity contribution in [3.63, 3.8) is 0 Å². The Bertz CT molecular complexity index is 826. The van der Waals surface area contributed by atoms with Crippen LogP contribution < -0.4 is 9.80 Å². The molecule has 0 fully saturated rings. The van der Waals surface area contributed by atoms with Gasteiger partial charge >= 0.3 is 12.2 Å². The number of carbonyl (C=O) groups is 2. The van der Waals surface area contributed by atoms with Gasteiger partial charge in [0.2, 0.25) is 0 Å². The first-order valence-electron chi connectivity index (χ1n) is 8.68. The Morgan fingerprint density at radius 3 is 1.29 bits per heavy atom. The van der Waals surface area contributed by atoms with Gasteiger partial charge in [-0.15, -0.1) is 0 Å². The lowest BCUT2D eigenvalue weighted by molar-refractivity contribution is 0.199. The zero-order valence-electron chi connectivity index (χ0n) is 16.0. The molecule has 2 amide bonds. The summed E-state index contributed by atoms with van der Waals surface area (Å²) in [6, 6.07) is 9.39. The minimum Gasteiger partial charge on any atom is -0.465 e. The molecule has 6 nitrogen and oxygen atoms in total. The molecule has 0 saturated heterocycles. The van der Waals surface area contributed by atoms with Crippen LogP contribution in [0, 0.1) is 0 Å². The molecule has 0 unspecified atom stereocenters. The Balaban J connectivity index is 2.46. The van der Waals surface area contributed by atoms with Crippen LogP contribution in [-0.4, -0.2) is 34.5 Å². The number of carboxylic acid groups (broad SMARTS) is 2. The molecule has 2 aromatic carbocycles. The highest BCUT2D eigenvalue weighted by molar-refractivity contribution is 6.37. The second-order valence-corrected chi connectivity index (χ2v) is 7.64. The standard InChI is InChI=1S/C20H22Cl2N2O4/c1-11(2)23(19(25)26)13-5-7-15(17(21)9-13)16-8-6-14(10-18(16)22)24(12(3)4)20(27)28/h5-12H,1-4H3,(H,25,26)(H,27,28). The van der Waals surface area contributed by atoms with Crippen LogP contribution in [-0.2, 0) is 0 Å². The van der Waals surface area contributed by atoms with Gasteiger partial charge in [-0.1, -0.05) is 35.3 Å². The molecule has 0 aliphatic heterocycles. The number of hydrogen-bond acceptors (Lipinski definition) is 2. The quantitative estimate of drug-likeness (QED) is 0.577. The van der Waals surface area contributed by atoms with Gasteiger partial charge in [-0.3, -0.25) is 9.80 Å². The van der Waals surface area contributed by atoms with Crippen LogP contribution in [0.4, 0.5) is 21.0 Å². The normalized spacial score (nSPS) is 11.0. The van der Waals surface area contributed by atoms with Crippen molar-refractivity contribution in [2.24, 2.45) is 0 Å². The first-order chi connectivity index (χ1) is 13.0. The molecule has 0 aliphatic rings. The molecule has 0 bridgehead atoms. The molecule has 0 spiro atoms.